The van der Waals surface area contributed by atoms with E-state index in [0.717, 1.165) is 0 Å². The minimum Gasteiger partial charge on any atom is -0.497 e. The second-order valence-electron chi connectivity index (χ2n) is 3.38. The summed E-state index contributed by atoms with van der Waals surface area (Å²) < 4.78 is 5.03. The van der Waals surface area contributed by atoms with Crippen LogP contribution in [0, 0.1) is 0 Å². The second-order valence-corrected chi connectivity index (χ2v) is 3.38. The van der Waals surface area contributed by atoms with E-state index in [-0.39, 0.29) is 5.91 Å². The van der Waals surface area contributed by atoms with Crippen LogP contribution in [-0.2, 0) is 9.59 Å². The third-order valence-corrected chi connectivity index (χ3v) is 2.49. The Morgan fingerprint density at radius 1 is 1.56 bits per heavy atom. The molecule has 1 atom stereocenters. The first-order chi connectivity index (χ1) is 7.67. The summed E-state index contributed by atoms with van der Waals surface area (Å²) in [6.07, 6.45) is 0. The van der Waals surface area contributed by atoms with Gasteiger partial charge in [-0.2, -0.15) is 0 Å². The fourth-order valence-corrected chi connectivity index (χ4v) is 1.71. The number of methoxy groups -OCH3 is 1. The van der Waals surface area contributed by atoms with Crippen LogP contribution in [0.4, 0.5) is 5.69 Å². The number of amides is 2. The topological polar surface area (TPSA) is 93.4 Å². The number of carbonyl (C=O) groups is 2. The summed E-state index contributed by atoms with van der Waals surface area (Å²) in [5.41, 5.74) is 3.16. The molecule has 0 fully saturated rings. The van der Waals surface area contributed by atoms with Crippen LogP contribution >= 0.6 is 0 Å². The number of anilines is 1. The third-order valence-electron chi connectivity index (χ3n) is 2.49. The smallest absolute Gasteiger partial charge is 0.251 e. The lowest BCUT2D eigenvalue weighted by molar-refractivity contribution is -0.128. The zero-order valence-electron chi connectivity index (χ0n) is 8.61. The molecule has 0 aliphatic carbocycles. The summed E-state index contributed by atoms with van der Waals surface area (Å²) in [7, 11) is 1.52. The van der Waals surface area contributed by atoms with E-state index in [1.54, 1.807) is 18.2 Å². The summed E-state index contributed by atoms with van der Waals surface area (Å²) >= 11 is 0. The molecule has 0 saturated heterocycles. The van der Waals surface area contributed by atoms with Gasteiger partial charge in [-0.3, -0.25) is 15.0 Å². The van der Waals surface area contributed by atoms with Crippen LogP contribution in [0.3, 0.4) is 0 Å². The number of ether oxygens (including phenoxy) is 1. The van der Waals surface area contributed by atoms with Crippen LogP contribution < -0.4 is 21.3 Å². The van der Waals surface area contributed by atoms with E-state index in [9.17, 15) is 9.59 Å². The lowest BCUT2D eigenvalue weighted by Gasteiger charge is -2.07. The summed E-state index contributed by atoms with van der Waals surface area (Å²) in [6, 6.07) is 5.05. The van der Waals surface area contributed by atoms with Gasteiger partial charge in [0.05, 0.1) is 7.11 Å². The number of benzene rings is 1. The Labute approximate surface area is 91.7 Å². The normalized spacial score (nSPS) is 17.6. The van der Waals surface area contributed by atoms with Gasteiger partial charge in [-0.1, -0.05) is 0 Å². The number of hydrogen-bond donors (Lipinski definition) is 3. The molecular weight excluding hydrogens is 210 g/mol. The average Bonchev–Trinajstić information content (AvgIpc) is 2.63. The number of hydrogen-bond acceptors (Lipinski definition) is 4. The SMILES string of the molecule is COc1ccc2c(c1)C(C(=O)NN)C(=O)N2. The van der Waals surface area contributed by atoms with Gasteiger partial charge in [-0.05, 0) is 18.2 Å². The van der Waals surface area contributed by atoms with E-state index >= 15 is 0 Å². The van der Waals surface area contributed by atoms with Gasteiger partial charge in [-0.25, -0.2) is 5.84 Å². The molecule has 4 N–H and O–H groups in total. The molecule has 1 heterocycles. The van der Waals surface area contributed by atoms with Crippen molar-refractivity contribution in [2.45, 2.75) is 5.92 Å². The highest BCUT2D eigenvalue weighted by Gasteiger charge is 2.36. The van der Waals surface area contributed by atoms with Gasteiger partial charge in [0.15, 0.2) is 0 Å². The Hall–Kier alpha value is -2.08. The van der Waals surface area contributed by atoms with Gasteiger partial charge in [0.2, 0.25) is 5.91 Å². The fraction of sp³-hybridized carbons (Fsp3) is 0.200. The van der Waals surface area contributed by atoms with E-state index in [0.29, 0.717) is 17.0 Å². The minimum atomic E-state index is -0.907. The maximum Gasteiger partial charge on any atom is 0.251 e. The summed E-state index contributed by atoms with van der Waals surface area (Å²) in [5.74, 6) is 3.79. The van der Waals surface area contributed by atoms with Crippen molar-refractivity contribution in [3.63, 3.8) is 0 Å². The van der Waals surface area contributed by atoms with E-state index < -0.39 is 11.8 Å². The third kappa shape index (κ3) is 1.49. The number of carbonyl (C=O) groups excluding carboxylic acids is 2. The maximum atomic E-state index is 11.6. The van der Waals surface area contributed by atoms with Crippen LogP contribution in [0.5, 0.6) is 5.75 Å². The Bertz CT molecular complexity index is 451. The molecule has 0 spiro atoms. The van der Waals surface area contributed by atoms with Crippen LogP contribution in [0.2, 0.25) is 0 Å². The molecule has 1 aromatic carbocycles. The average molecular weight is 221 g/mol. The van der Waals surface area contributed by atoms with E-state index in [1.807, 2.05) is 5.43 Å². The molecule has 1 aliphatic heterocycles. The first-order valence-corrected chi connectivity index (χ1v) is 4.66. The van der Waals surface area contributed by atoms with Gasteiger partial charge in [0, 0.05) is 11.3 Å². The molecular formula is C10H11N3O3. The molecule has 0 bridgehead atoms. The predicted molar refractivity (Wildman–Crippen MR) is 56.7 cm³/mol. The molecule has 2 amide bonds. The molecule has 1 aliphatic rings. The standard InChI is InChI=1S/C10H11N3O3/c1-16-5-2-3-7-6(4-5)8(9(14)12-7)10(15)13-11/h2-4,8H,11H2,1H3,(H,12,14)(H,13,15). The number of hydrazine groups is 1. The molecule has 6 heteroatoms. The quantitative estimate of drug-likeness (QED) is 0.277. The van der Waals surface area contributed by atoms with Crippen molar-refractivity contribution < 1.29 is 14.3 Å². The number of rotatable bonds is 2. The van der Waals surface area contributed by atoms with Crippen molar-refractivity contribution in [1.29, 1.82) is 0 Å². The number of fused-ring (bicyclic) bond motifs is 1. The van der Waals surface area contributed by atoms with Crippen molar-refractivity contribution in [3.05, 3.63) is 23.8 Å². The van der Waals surface area contributed by atoms with Gasteiger partial charge >= 0.3 is 0 Å². The predicted octanol–water partition coefficient (Wildman–Crippen LogP) is -0.279. The molecule has 2 rings (SSSR count). The van der Waals surface area contributed by atoms with Crippen LogP contribution in [-0.4, -0.2) is 18.9 Å². The first-order valence-electron chi connectivity index (χ1n) is 4.66. The molecule has 84 valence electrons. The lowest BCUT2D eigenvalue weighted by atomic mass is 10.00. The molecule has 1 aromatic rings. The highest BCUT2D eigenvalue weighted by Crippen LogP contribution is 2.35. The Kier molecular flexibility index (Phi) is 2.49. The molecule has 0 saturated carbocycles. The van der Waals surface area contributed by atoms with Crippen molar-refractivity contribution in [2.24, 2.45) is 5.84 Å². The fourth-order valence-electron chi connectivity index (χ4n) is 1.71. The minimum absolute atomic E-state index is 0.383. The van der Waals surface area contributed by atoms with E-state index in [2.05, 4.69) is 5.32 Å². The summed E-state index contributed by atoms with van der Waals surface area (Å²) in [5, 5.41) is 2.60. The van der Waals surface area contributed by atoms with Crippen molar-refractivity contribution in [2.75, 3.05) is 12.4 Å². The van der Waals surface area contributed by atoms with Crippen molar-refractivity contribution >= 4 is 17.5 Å². The highest BCUT2D eigenvalue weighted by atomic mass is 16.5. The van der Waals surface area contributed by atoms with Crippen LogP contribution in [0.1, 0.15) is 11.5 Å². The monoisotopic (exact) mass is 221 g/mol. The number of nitrogens with one attached hydrogen (secondary N) is 2. The molecule has 1 unspecified atom stereocenters. The molecule has 16 heavy (non-hydrogen) atoms. The number of nitrogens with two attached hydrogens (primary N) is 1. The van der Waals surface area contributed by atoms with Crippen molar-refractivity contribution in [1.82, 2.24) is 5.43 Å². The zero-order valence-corrected chi connectivity index (χ0v) is 8.61. The zero-order chi connectivity index (χ0) is 11.7. The van der Waals surface area contributed by atoms with Crippen LogP contribution in [0.25, 0.3) is 0 Å². The Morgan fingerprint density at radius 3 is 2.94 bits per heavy atom. The highest BCUT2D eigenvalue weighted by molar-refractivity contribution is 6.16. The Morgan fingerprint density at radius 2 is 2.31 bits per heavy atom. The van der Waals surface area contributed by atoms with E-state index in [1.165, 1.54) is 7.11 Å². The molecule has 0 aromatic heterocycles. The van der Waals surface area contributed by atoms with Crippen molar-refractivity contribution in [3.8, 4) is 5.75 Å². The lowest BCUT2D eigenvalue weighted by Crippen LogP contribution is -2.37. The van der Waals surface area contributed by atoms with Crippen LogP contribution in [0.15, 0.2) is 18.2 Å². The first kappa shape index (κ1) is 10.4. The molecule has 6 nitrogen and oxygen atoms in total. The second kappa shape index (κ2) is 3.82. The molecule has 0 radical (unpaired) electrons. The summed E-state index contributed by atoms with van der Waals surface area (Å²) in [4.78, 5) is 23.0. The van der Waals surface area contributed by atoms with Gasteiger partial charge < -0.3 is 10.1 Å². The van der Waals surface area contributed by atoms with E-state index in [4.69, 9.17) is 10.6 Å². The Balaban J connectivity index is 2.45. The maximum absolute atomic E-state index is 11.6. The largest absolute Gasteiger partial charge is 0.497 e. The van der Waals surface area contributed by atoms with Gasteiger partial charge in [-0.15, -0.1) is 0 Å². The summed E-state index contributed by atoms with van der Waals surface area (Å²) in [6.45, 7) is 0. The van der Waals surface area contributed by atoms with Gasteiger partial charge in [0.25, 0.3) is 5.91 Å². The van der Waals surface area contributed by atoms with Gasteiger partial charge in [0.1, 0.15) is 11.7 Å².